The van der Waals surface area contributed by atoms with Crippen molar-refractivity contribution in [3.63, 3.8) is 0 Å². The number of imidazole rings is 1. The molecule has 0 bridgehead atoms. The molecule has 0 saturated carbocycles. The van der Waals surface area contributed by atoms with Crippen molar-refractivity contribution >= 4 is 24.5 Å². The van der Waals surface area contributed by atoms with E-state index in [0.29, 0.717) is 23.6 Å². The Labute approximate surface area is 240 Å². The second-order valence-corrected chi connectivity index (χ2v) is 12.6. The molecule has 9 nitrogen and oxygen atoms in total. The van der Waals surface area contributed by atoms with E-state index < -0.39 is 30.0 Å². The fourth-order valence-electron chi connectivity index (χ4n) is 5.02. The maximum atomic E-state index is 12.4. The number of nitrogens with one attached hydrogen (secondary N) is 1. The van der Waals surface area contributed by atoms with E-state index in [1.165, 1.54) is 0 Å². The van der Waals surface area contributed by atoms with E-state index >= 15 is 0 Å². The highest BCUT2D eigenvalue weighted by Gasteiger charge is 2.52. The molecule has 6 rings (SSSR count). The molecule has 0 spiro atoms. The number of carbonyl (C=O) groups is 1. The number of fused-ring (bicyclic) bond motifs is 2. The molecule has 2 aromatic carbocycles. The summed E-state index contributed by atoms with van der Waals surface area (Å²) in [5.41, 5.74) is 4.20. The first-order chi connectivity index (χ1) is 19.3. The molecule has 0 aliphatic carbocycles. The predicted molar refractivity (Wildman–Crippen MR) is 157 cm³/mol. The van der Waals surface area contributed by atoms with Gasteiger partial charge in [-0.15, -0.1) is 0 Å². The molecule has 2 aliphatic heterocycles. The molecule has 1 atom stereocenters. The molecule has 2 aliphatic rings. The Kier molecular flexibility index (Phi) is 6.39. The fraction of sp³-hybridized carbons (Fsp3) is 0.387. The van der Waals surface area contributed by atoms with E-state index in [-0.39, 0.29) is 6.04 Å². The lowest BCUT2D eigenvalue weighted by molar-refractivity contribution is 0.00578. The van der Waals surface area contributed by atoms with Gasteiger partial charge in [-0.2, -0.15) is 5.10 Å². The van der Waals surface area contributed by atoms with Crippen molar-refractivity contribution in [3.05, 3.63) is 66.2 Å². The normalized spacial score (nSPS) is 19.2. The highest BCUT2D eigenvalue weighted by molar-refractivity contribution is 6.61. The Hall–Kier alpha value is -3.89. The summed E-state index contributed by atoms with van der Waals surface area (Å²) in [4.78, 5) is 17.4. The van der Waals surface area contributed by atoms with E-state index in [1.54, 1.807) is 0 Å². The minimum Gasteiger partial charge on any atom is -0.491 e. The lowest BCUT2D eigenvalue weighted by Gasteiger charge is -2.32. The van der Waals surface area contributed by atoms with E-state index in [4.69, 9.17) is 28.9 Å². The lowest BCUT2D eigenvalue weighted by atomic mass is 9.85. The number of alkyl carbamates (subject to hydrolysis) is 1. The highest BCUT2D eigenvalue weighted by atomic mass is 16.7. The topological polar surface area (TPSA) is 96.2 Å². The zero-order valence-electron chi connectivity index (χ0n) is 24.5. The number of carbonyl (C=O) groups excluding carboxylic acids is 1. The van der Waals surface area contributed by atoms with Crippen molar-refractivity contribution < 1.29 is 23.6 Å². The third kappa shape index (κ3) is 5.06. The molecule has 1 N–H and O–H groups in total. The molecular formula is C31H35BN4O5. The largest absolute Gasteiger partial charge is 0.516 e. The van der Waals surface area contributed by atoms with Crippen LogP contribution in [0.5, 0.6) is 5.75 Å². The van der Waals surface area contributed by atoms with Crippen molar-refractivity contribution in [2.24, 2.45) is 0 Å². The van der Waals surface area contributed by atoms with Crippen LogP contribution in [0.3, 0.4) is 0 Å². The van der Waals surface area contributed by atoms with Gasteiger partial charge in [0.1, 0.15) is 23.7 Å². The second kappa shape index (κ2) is 9.60. The van der Waals surface area contributed by atoms with E-state index in [0.717, 1.165) is 28.1 Å². The standard InChI is InChI=1S/C31H35BN4O5/c1-29(2,3)39-28(37)33-22-18-38-23-17-20(13-14-21(22)23)26-27(19-11-9-8-10-12-19)36-25(34-26)16-15-24(35-36)32-40-30(4,5)31(6,7)41-32/h8-17,22H,18H2,1-7H3,(H,33,37)/t22-/m0/s1. The first-order valence-corrected chi connectivity index (χ1v) is 13.9. The van der Waals surface area contributed by atoms with Gasteiger partial charge in [0, 0.05) is 16.7 Å². The number of amides is 1. The summed E-state index contributed by atoms with van der Waals surface area (Å²) in [5.74, 6) is 0.700. The average Bonchev–Trinajstić information content (AvgIpc) is 3.54. The van der Waals surface area contributed by atoms with Gasteiger partial charge in [-0.1, -0.05) is 42.5 Å². The molecule has 1 amide bonds. The number of aromatic nitrogens is 3. The maximum absolute atomic E-state index is 12.4. The monoisotopic (exact) mass is 554 g/mol. The minimum atomic E-state index is -0.596. The van der Waals surface area contributed by atoms with Crippen LogP contribution < -0.4 is 15.6 Å². The van der Waals surface area contributed by atoms with Crippen molar-refractivity contribution in [3.8, 4) is 28.3 Å². The molecule has 1 saturated heterocycles. The molecule has 4 heterocycles. The first kappa shape index (κ1) is 27.3. The van der Waals surface area contributed by atoms with Gasteiger partial charge in [-0.25, -0.2) is 14.3 Å². The van der Waals surface area contributed by atoms with E-state index in [2.05, 4.69) is 5.32 Å². The van der Waals surface area contributed by atoms with Gasteiger partial charge in [0.25, 0.3) is 0 Å². The Morgan fingerprint density at radius 1 is 1.00 bits per heavy atom. The maximum Gasteiger partial charge on any atom is 0.516 e. The van der Waals surface area contributed by atoms with Crippen LogP contribution in [0.2, 0.25) is 0 Å². The number of hydrogen-bond acceptors (Lipinski definition) is 7. The van der Waals surface area contributed by atoms with Crippen LogP contribution in [-0.4, -0.2) is 51.2 Å². The number of benzene rings is 2. The van der Waals surface area contributed by atoms with Gasteiger partial charge >= 0.3 is 13.2 Å². The zero-order valence-corrected chi connectivity index (χ0v) is 24.5. The first-order valence-electron chi connectivity index (χ1n) is 13.9. The summed E-state index contributed by atoms with van der Waals surface area (Å²) in [5, 5.41) is 7.88. The van der Waals surface area contributed by atoms with Gasteiger partial charge in [-0.05, 0) is 66.7 Å². The van der Waals surface area contributed by atoms with Crippen LogP contribution in [0.1, 0.15) is 60.1 Å². The SMILES string of the molecule is CC(C)(C)OC(=O)N[C@H]1COc2cc(-c3nc4ccc(B5OC(C)(C)C(C)(C)O5)nn4c3-c3ccccc3)ccc21. The molecule has 2 aromatic heterocycles. The van der Waals surface area contributed by atoms with E-state index in [1.807, 2.05) is 114 Å². The van der Waals surface area contributed by atoms with Crippen LogP contribution in [0.15, 0.2) is 60.7 Å². The summed E-state index contributed by atoms with van der Waals surface area (Å²) in [6.45, 7) is 14.0. The molecule has 1 fully saturated rings. The van der Waals surface area contributed by atoms with Crippen molar-refractivity contribution in [2.45, 2.75) is 71.3 Å². The second-order valence-electron chi connectivity index (χ2n) is 12.6. The number of nitrogens with zero attached hydrogens (tertiary/aromatic N) is 3. The number of rotatable bonds is 4. The molecule has 0 unspecified atom stereocenters. The van der Waals surface area contributed by atoms with Crippen LogP contribution >= 0.6 is 0 Å². The Morgan fingerprint density at radius 3 is 2.39 bits per heavy atom. The molecule has 212 valence electrons. The fourth-order valence-corrected chi connectivity index (χ4v) is 5.02. The van der Waals surface area contributed by atoms with Crippen LogP contribution in [-0.2, 0) is 14.0 Å². The quantitative estimate of drug-likeness (QED) is 0.341. The predicted octanol–water partition coefficient (Wildman–Crippen LogP) is 5.32. The summed E-state index contributed by atoms with van der Waals surface area (Å²) in [6.07, 6.45) is -0.474. The molecule has 4 aromatic rings. The van der Waals surface area contributed by atoms with Gasteiger partial charge in [0.15, 0.2) is 5.65 Å². The minimum absolute atomic E-state index is 0.298. The van der Waals surface area contributed by atoms with E-state index in [9.17, 15) is 4.79 Å². The third-order valence-corrected chi connectivity index (χ3v) is 7.80. The summed E-state index contributed by atoms with van der Waals surface area (Å²) in [7, 11) is -0.596. The third-order valence-electron chi connectivity index (χ3n) is 7.80. The van der Waals surface area contributed by atoms with Crippen molar-refractivity contribution in [1.29, 1.82) is 0 Å². The van der Waals surface area contributed by atoms with Gasteiger partial charge in [0.2, 0.25) is 0 Å². The van der Waals surface area contributed by atoms with Gasteiger partial charge in [-0.3, -0.25) is 0 Å². The summed E-state index contributed by atoms with van der Waals surface area (Å²) >= 11 is 0. The zero-order chi connectivity index (χ0) is 29.2. The van der Waals surface area contributed by atoms with Crippen molar-refractivity contribution in [2.75, 3.05) is 6.61 Å². The van der Waals surface area contributed by atoms with Gasteiger partial charge < -0.3 is 24.1 Å². The lowest BCUT2D eigenvalue weighted by Crippen LogP contribution is -2.41. The Balaban J connectivity index is 1.38. The Bertz CT molecular complexity index is 1610. The molecule has 0 radical (unpaired) electrons. The average molecular weight is 554 g/mol. The van der Waals surface area contributed by atoms with Gasteiger partial charge in [0.05, 0.1) is 28.5 Å². The molecule has 10 heteroatoms. The van der Waals surface area contributed by atoms with Crippen LogP contribution in [0.25, 0.3) is 28.2 Å². The highest BCUT2D eigenvalue weighted by Crippen LogP contribution is 2.40. The van der Waals surface area contributed by atoms with Crippen LogP contribution in [0, 0.1) is 0 Å². The van der Waals surface area contributed by atoms with Crippen molar-refractivity contribution in [1.82, 2.24) is 19.9 Å². The molecular weight excluding hydrogens is 519 g/mol. The molecule has 41 heavy (non-hydrogen) atoms. The summed E-state index contributed by atoms with van der Waals surface area (Å²) in [6, 6.07) is 19.5. The Morgan fingerprint density at radius 2 is 1.71 bits per heavy atom. The summed E-state index contributed by atoms with van der Waals surface area (Å²) < 4.78 is 25.8. The smallest absolute Gasteiger partial charge is 0.491 e. The number of hydrogen-bond donors (Lipinski definition) is 1. The number of ether oxygens (including phenoxy) is 2. The van der Waals surface area contributed by atoms with Crippen LogP contribution in [0.4, 0.5) is 4.79 Å².